The van der Waals surface area contributed by atoms with Gasteiger partial charge in [-0.1, -0.05) is 6.92 Å². The van der Waals surface area contributed by atoms with Gasteiger partial charge < -0.3 is 15.7 Å². The molecule has 5 nitrogen and oxygen atoms in total. The van der Waals surface area contributed by atoms with E-state index < -0.39 is 5.97 Å². The molecule has 0 bridgehead atoms. The van der Waals surface area contributed by atoms with E-state index in [-0.39, 0.29) is 11.3 Å². The SMILES string of the molecule is CC1CCN(c2nccc(C(=O)O)c2N)C(C)C1. The molecular weight excluding hydrogens is 230 g/mol. The number of nitrogens with two attached hydrogens (primary N) is 1. The Kier molecular flexibility index (Phi) is 3.41. The molecule has 2 unspecified atom stereocenters. The highest BCUT2D eigenvalue weighted by molar-refractivity contribution is 5.96. The minimum absolute atomic E-state index is 0.130. The number of carbonyl (C=O) groups is 1. The Morgan fingerprint density at radius 1 is 1.56 bits per heavy atom. The largest absolute Gasteiger partial charge is 0.478 e. The van der Waals surface area contributed by atoms with Crippen LogP contribution >= 0.6 is 0 Å². The maximum atomic E-state index is 11.1. The van der Waals surface area contributed by atoms with Gasteiger partial charge in [-0.25, -0.2) is 9.78 Å². The van der Waals surface area contributed by atoms with Crippen molar-refractivity contribution < 1.29 is 9.90 Å². The van der Waals surface area contributed by atoms with Gasteiger partial charge in [0.2, 0.25) is 0 Å². The third-order valence-corrected chi connectivity index (χ3v) is 3.61. The number of rotatable bonds is 2. The number of carboxylic acids is 1. The molecule has 0 aliphatic carbocycles. The number of anilines is 2. The van der Waals surface area contributed by atoms with Crippen LogP contribution < -0.4 is 10.6 Å². The van der Waals surface area contributed by atoms with Crippen LogP contribution in [-0.2, 0) is 0 Å². The van der Waals surface area contributed by atoms with Crippen molar-refractivity contribution in [1.82, 2.24) is 4.98 Å². The number of nitrogens with zero attached hydrogens (tertiary/aromatic N) is 2. The van der Waals surface area contributed by atoms with Crippen LogP contribution in [0.2, 0.25) is 0 Å². The summed E-state index contributed by atoms with van der Waals surface area (Å²) < 4.78 is 0. The van der Waals surface area contributed by atoms with Crippen molar-refractivity contribution in [3.8, 4) is 0 Å². The second kappa shape index (κ2) is 4.84. The molecule has 0 saturated carbocycles. The molecule has 1 saturated heterocycles. The molecule has 98 valence electrons. The standard InChI is InChI=1S/C13H19N3O2/c1-8-4-6-16(9(2)7-8)12-11(14)10(13(17)18)3-5-15-12/h3,5,8-9H,4,6-7,14H2,1-2H3,(H,17,18). The van der Waals surface area contributed by atoms with Gasteiger partial charge in [0.25, 0.3) is 0 Å². The Morgan fingerprint density at radius 2 is 2.28 bits per heavy atom. The molecule has 1 aliphatic heterocycles. The minimum Gasteiger partial charge on any atom is -0.478 e. The Balaban J connectivity index is 2.33. The quantitative estimate of drug-likeness (QED) is 0.837. The fourth-order valence-corrected chi connectivity index (χ4v) is 2.60. The maximum Gasteiger partial charge on any atom is 0.337 e. The van der Waals surface area contributed by atoms with Gasteiger partial charge in [-0.3, -0.25) is 0 Å². The van der Waals surface area contributed by atoms with Gasteiger partial charge in [-0.15, -0.1) is 0 Å². The number of hydrogen-bond donors (Lipinski definition) is 2. The smallest absolute Gasteiger partial charge is 0.337 e. The first-order chi connectivity index (χ1) is 8.50. The van der Waals surface area contributed by atoms with E-state index in [0.717, 1.165) is 19.4 Å². The van der Waals surface area contributed by atoms with E-state index in [2.05, 4.69) is 23.7 Å². The van der Waals surface area contributed by atoms with Crippen LogP contribution in [0.3, 0.4) is 0 Å². The van der Waals surface area contributed by atoms with Gasteiger partial charge >= 0.3 is 5.97 Å². The average molecular weight is 249 g/mol. The van der Waals surface area contributed by atoms with Crippen molar-refractivity contribution in [2.45, 2.75) is 32.7 Å². The molecule has 2 rings (SSSR count). The van der Waals surface area contributed by atoms with Gasteiger partial charge in [-0.05, 0) is 31.7 Å². The molecule has 1 aromatic rings. The van der Waals surface area contributed by atoms with Gasteiger partial charge in [0.15, 0.2) is 5.82 Å². The van der Waals surface area contributed by atoms with Crippen LogP contribution in [0.15, 0.2) is 12.3 Å². The van der Waals surface area contributed by atoms with Gasteiger partial charge in [-0.2, -0.15) is 0 Å². The van der Waals surface area contributed by atoms with E-state index in [4.69, 9.17) is 10.8 Å². The van der Waals surface area contributed by atoms with Crippen molar-refractivity contribution in [1.29, 1.82) is 0 Å². The molecule has 1 aliphatic rings. The average Bonchev–Trinajstić information content (AvgIpc) is 2.30. The molecule has 2 atom stereocenters. The van der Waals surface area contributed by atoms with Gasteiger partial charge in [0.1, 0.15) is 0 Å². The van der Waals surface area contributed by atoms with Crippen molar-refractivity contribution in [3.05, 3.63) is 17.8 Å². The zero-order chi connectivity index (χ0) is 13.3. The van der Waals surface area contributed by atoms with E-state index in [9.17, 15) is 4.79 Å². The summed E-state index contributed by atoms with van der Waals surface area (Å²) in [5.41, 5.74) is 6.33. The molecule has 0 aromatic carbocycles. The zero-order valence-corrected chi connectivity index (χ0v) is 10.8. The van der Waals surface area contributed by atoms with Crippen molar-refractivity contribution in [2.24, 2.45) is 5.92 Å². The molecule has 0 amide bonds. The summed E-state index contributed by atoms with van der Waals surface area (Å²) in [4.78, 5) is 17.4. The Bertz CT molecular complexity index is 462. The third-order valence-electron chi connectivity index (χ3n) is 3.61. The van der Waals surface area contributed by atoms with Gasteiger partial charge in [0, 0.05) is 18.8 Å². The summed E-state index contributed by atoms with van der Waals surface area (Å²) >= 11 is 0. The van der Waals surface area contributed by atoms with E-state index in [1.807, 2.05) is 0 Å². The predicted molar refractivity (Wildman–Crippen MR) is 70.8 cm³/mol. The minimum atomic E-state index is -1.01. The fraction of sp³-hybridized carbons (Fsp3) is 0.538. The summed E-state index contributed by atoms with van der Waals surface area (Å²) in [6.45, 7) is 5.24. The second-order valence-corrected chi connectivity index (χ2v) is 5.07. The number of hydrogen-bond acceptors (Lipinski definition) is 4. The lowest BCUT2D eigenvalue weighted by molar-refractivity contribution is 0.0698. The van der Waals surface area contributed by atoms with Crippen LogP contribution in [-0.4, -0.2) is 28.6 Å². The summed E-state index contributed by atoms with van der Waals surface area (Å²) in [6, 6.07) is 1.78. The van der Waals surface area contributed by atoms with Crippen molar-refractivity contribution >= 4 is 17.5 Å². The van der Waals surface area contributed by atoms with Crippen LogP contribution in [0.4, 0.5) is 11.5 Å². The number of pyridine rings is 1. The number of aromatic carboxylic acids is 1. The molecular formula is C13H19N3O2. The van der Waals surface area contributed by atoms with E-state index in [1.165, 1.54) is 12.3 Å². The first-order valence-electron chi connectivity index (χ1n) is 6.25. The molecule has 0 spiro atoms. The molecule has 18 heavy (non-hydrogen) atoms. The summed E-state index contributed by atoms with van der Waals surface area (Å²) in [6.07, 6.45) is 3.68. The molecule has 1 fully saturated rings. The lowest BCUT2D eigenvalue weighted by atomic mass is 9.93. The number of carboxylic acid groups (broad SMARTS) is 1. The number of nitrogen functional groups attached to an aromatic ring is 1. The molecule has 2 heterocycles. The highest BCUT2D eigenvalue weighted by Gasteiger charge is 2.26. The summed E-state index contributed by atoms with van der Waals surface area (Å²) in [7, 11) is 0. The Morgan fingerprint density at radius 3 is 2.89 bits per heavy atom. The summed E-state index contributed by atoms with van der Waals surface area (Å²) in [5, 5.41) is 9.07. The van der Waals surface area contributed by atoms with E-state index in [0.29, 0.717) is 17.8 Å². The van der Waals surface area contributed by atoms with Gasteiger partial charge in [0.05, 0.1) is 11.3 Å². The van der Waals surface area contributed by atoms with Crippen LogP contribution in [0, 0.1) is 5.92 Å². The van der Waals surface area contributed by atoms with Crippen LogP contribution in [0.5, 0.6) is 0 Å². The van der Waals surface area contributed by atoms with Crippen molar-refractivity contribution in [2.75, 3.05) is 17.2 Å². The lowest BCUT2D eigenvalue weighted by Gasteiger charge is -2.38. The highest BCUT2D eigenvalue weighted by atomic mass is 16.4. The van der Waals surface area contributed by atoms with E-state index in [1.54, 1.807) is 0 Å². The Hall–Kier alpha value is -1.78. The monoisotopic (exact) mass is 249 g/mol. The first kappa shape index (κ1) is 12.7. The molecule has 1 aromatic heterocycles. The van der Waals surface area contributed by atoms with Crippen molar-refractivity contribution in [3.63, 3.8) is 0 Å². The topological polar surface area (TPSA) is 79.5 Å². The van der Waals surface area contributed by atoms with E-state index >= 15 is 0 Å². The number of aromatic nitrogens is 1. The lowest BCUT2D eigenvalue weighted by Crippen LogP contribution is -2.41. The zero-order valence-electron chi connectivity index (χ0n) is 10.8. The Labute approximate surface area is 107 Å². The maximum absolute atomic E-state index is 11.1. The number of piperidine rings is 1. The predicted octanol–water partition coefficient (Wildman–Crippen LogP) is 1.99. The van der Waals surface area contributed by atoms with Crippen LogP contribution in [0.1, 0.15) is 37.0 Å². The fourth-order valence-electron chi connectivity index (χ4n) is 2.60. The summed E-state index contributed by atoms with van der Waals surface area (Å²) in [5.74, 6) is 0.295. The molecule has 0 radical (unpaired) electrons. The highest BCUT2D eigenvalue weighted by Crippen LogP contribution is 2.31. The van der Waals surface area contributed by atoms with Crippen LogP contribution in [0.25, 0.3) is 0 Å². The molecule has 3 N–H and O–H groups in total. The second-order valence-electron chi connectivity index (χ2n) is 5.07. The normalized spacial score (nSPS) is 24.0. The molecule has 5 heteroatoms. The first-order valence-corrected chi connectivity index (χ1v) is 6.25. The third kappa shape index (κ3) is 2.25.